The van der Waals surface area contributed by atoms with Crippen LogP contribution in [0.25, 0.3) is 0 Å². The largest absolute Gasteiger partial charge is 0.478 e. The van der Waals surface area contributed by atoms with Gasteiger partial charge in [-0.15, -0.1) is 0 Å². The lowest BCUT2D eigenvalue weighted by molar-refractivity contribution is 0.0697. The second-order valence-electron chi connectivity index (χ2n) is 3.72. The summed E-state index contributed by atoms with van der Waals surface area (Å²) in [5, 5.41) is 8.76. The smallest absolute Gasteiger partial charge is 0.335 e. The maximum absolute atomic E-state index is 10.7. The van der Waals surface area contributed by atoms with Crippen LogP contribution >= 0.6 is 0 Å². The molecule has 0 aromatic heterocycles. The number of nitrogens with two attached hydrogens (primary N) is 2. The van der Waals surface area contributed by atoms with Crippen molar-refractivity contribution < 1.29 is 14.6 Å². The highest BCUT2D eigenvalue weighted by atomic mass is 16.5. The molecule has 0 fully saturated rings. The minimum atomic E-state index is -0.974. The molecule has 0 unspecified atom stereocenters. The SMILES string of the molecule is Nc1ccc(Oc2ccc(C(=O)O)cc2)cc1N. The van der Waals surface area contributed by atoms with Crippen LogP contribution in [-0.4, -0.2) is 11.1 Å². The molecule has 0 radical (unpaired) electrons. The van der Waals surface area contributed by atoms with Crippen LogP contribution in [0, 0.1) is 0 Å². The van der Waals surface area contributed by atoms with E-state index in [0.717, 1.165) is 0 Å². The topological polar surface area (TPSA) is 98.6 Å². The minimum absolute atomic E-state index is 0.208. The van der Waals surface area contributed by atoms with Crippen LogP contribution < -0.4 is 16.2 Å². The van der Waals surface area contributed by atoms with Gasteiger partial charge in [0.15, 0.2) is 0 Å². The average molecular weight is 244 g/mol. The van der Waals surface area contributed by atoms with Gasteiger partial charge < -0.3 is 21.3 Å². The first-order chi connectivity index (χ1) is 8.56. The van der Waals surface area contributed by atoms with E-state index in [2.05, 4.69) is 0 Å². The zero-order chi connectivity index (χ0) is 13.1. The molecule has 2 rings (SSSR count). The van der Waals surface area contributed by atoms with E-state index < -0.39 is 5.97 Å². The third kappa shape index (κ3) is 2.52. The number of carboxylic acids is 1. The van der Waals surface area contributed by atoms with Gasteiger partial charge >= 0.3 is 5.97 Å². The van der Waals surface area contributed by atoms with E-state index >= 15 is 0 Å². The first-order valence-corrected chi connectivity index (χ1v) is 5.22. The lowest BCUT2D eigenvalue weighted by Gasteiger charge is -2.07. The molecule has 0 aliphatic heterocycles. The minimum Gasteiger partial charge on any atom is -0.478 e. The highest BCUT2D eigenvalue weighted by Crippen LogP contribution is 2.26. The molecule has 2 aromatic carbocycles. The van der Waals surface area contributed by atoms with Gasteiger partial charge in [-0.05, 0) is 36.4 Å². The van der Waals surface area contributed by atoms with E-state index in [9.17, 15) is 4.79 Å². The molecule has 0 heterocycles. The summed E-state index contributed by atoms with van der Waals surface area (Å²) in [4.78, 5) is 10.7. The maximum Gasteiger partial charge on any atom is 0.335 e. The van der Waals surface area contributed by atoms with E-state index in [0.29, 0.717) is 22.9 Å². The van der Waals surface area contributed by atoms with Gasteiger partial charge in [-0.2, -0.15) is 0 Å². The first kappa shape index (κ1) is 11.8. The van der Waals surface area contributed by atoms with E-state index in [-0.39, 0.29) is 5.56 Å². The molecule has 0 saturated heterocycles. The van der Waals surface area contributed by atoms with Gasteiger partial charge in [0.1, 0.15) is 11.5 Å². The molecule has 0 amide bonds. The average Bonchev–Trinajstić information content (AvgIpc) is 2.34. The number of hydrogen-bond donors (Lipinski definition) is 3. The Bertz CT molecular complexity index is 579. The molecule has 5 nitrogen and oxygen atoms in total. The summed E-state index contributed by atoms with van der Waals surface area (Å²) in [5.74, 6) is 0.104. The van der Waals surface area contributed by atoms with Crippen LogP contribution in [0.2, 0.25) is 0 Å². The van der Waals surface area contributed by atoms with E-state index in [1.165, 1.54) is 12.1 Å². The molecule has 0 aliphatic rings. The number of carbonyl (C=O) groups is 1. The van der Waals surface area contributed by atoms with Crippen molar-refractivity contribution in [2.75, 3.05) is 11.5 Å². The van der Waals surface area contributed by atoms with Crippen LogP contribution in [-0.2, 0) is 0 Å². The number of carboxylic acid groups (broad SMARTS) is 1. The molecule has 0 atom stereocenters. The summed E-state index contributed by atoms with van der Waals surface area (Å²) in [5.41, 5.74) is 12.4. The zero-order valence-corrected chi connectivity index (χ0v) is 9.46. The quantitative estimate of drug-likeness (QED) is 0.720. The van der Waals surface area contributed by atoms with Crippen LogP contribution in [0.15, 0.2) is 42.5 Å². The van der Waals surface area contributed by atoms with Crippen LogP contribution in [0.4, 0.5) is 11.4 Å². The number of ether oxygens (including phenoxy) is 1. The molecular weight excluding hydrogens is 232 g/mol. The molecule has 0 saturated carbocycles. The third-order valence-electron chi connectivity index (χ3n) is 2.40. The molecule has 0 spiro atoms. The van der Waals surface area contributed by atoms with Crippen molar-refractivity contribution in [2.24, 2.45) is 0 Å². The maximum atomic E-state index is 10.7. The number of rotatable bonds is 3. The fourth-order valence-corrected chi connectivity index (χ4v) is 1.42. The van der Waals surface area contributed by atoms with Crippen molar-refractivity contribution in [3.8, 4) is 11.5 Å². The summed E-state index contributed by atoms with van der Waals surface area (Å²) in [6.07, 6.45) is 0. The third-order valence-corrected chi connectivity index (χ3v) is 2.40. The summed E-state index contributed by atoms with van der Waals surface area (Å²) in [7, 11) is 0. The predicted octanol–water partition coefficient (Wildman–Crippen LogP) is 2.34. The van der Waals surface area contributed by atoms with Crippen molar-refractivity contribution in [1.82, 2.24) is 0 Å². The van der Waals surface area contributed by atoms with Crippen molar-refractivity contribution in [3.05, 3.63) is 48.0 Å². The second kappa shape index (κ2) is 4.67. The van der Waals surface area contributed by atoms with Gasteiger partial charge in [-0.25, -0.2) is 4.79 Å². The van der Waals surface area contributed by atoms with E-state index in [1.807, 2.05) is 0 Å². The van der Waals surface area contributed by atoms with Gasteiger partial charge in [-0.1, -0.05) is 0 Å². The summed E-state index contributed by atoms with van der Waals surface area (Å²) >= 11 is 0. The Morgan fingerprint density at radius 1 is 0.944 bits per heavy atom. The Labute approximate surface area is 104 Å². The second-order valence-corrected chi connectivity index (χ2v) is 3.72. The molecule has 5 heteroatoms. The van der Waals surface area contributed by atoms with Gasteiger partial charge in [0.05, 0.1) is 16.9 Å². The number of nitrogen functional groups attached to an aromatic ring is 2. The molecule has 18 heavy (non-hydrogen) atoms. The molecule has 2 aromatic rings. The highest BCUT2D eigenvalue weighted by molar-refractivity contribution is 5.87. The van der Waals surface area contributed by atoms with Crippen molar-refractivity contribution in [2.45, 2.75) is 0 Å². The Morgan fingerprint density at radius 3 is 2.11 bits per heavy atom. The normalized spacial score (nSPS) is 10.0. The fraction of sp³-hybridized carbons (Fsp3) is 0. The summed E-state index contributed by atoms with van der Waals surface area (Å²) in [6, 6.07) is 11.1. The Kier molecular flexibility index (Phi) is 3.05. The van der Waals surface area contributed by atoms with Crippen LogP contribution in [0.1, 0.15) is 10.4 Å². The molecule has 5 N–H and O–H groups in total. The number of benzene rings is 2. The summed E-state index contributed by atoms with van der Waals surface area (Å²) in [6.45, 7) is 0. The van der Waals surface area contributed by atoms with Crippen molar-refractivity contribution in [3.63, 3.8) is 0 Å². The van der Waals surface area contributed by atoms with Crippen molar-refractivity contribution >= 4 is 17.3 Å². The lowest BCUT2D eigenvalue weighted by atomic mass is 10.2. The molecule has 92 valence electrons. The van der Waals surface area contributed by atoms with E-state index in [4.69, 9.17) is 21.3 Å². The Hall–Kier alpha value is -2.69. The highest BCUT2D eigenvalue weighted by Gasteiger charge is 2.04. The van der Waals surface area contributed by atoms with Gasteiger partial charge in [0.2, 0.25) is 0 Å². The number of anilines is 2. The van der Waals surface area contributed by atoms with Crippen molar-refractivity contribution in [1.29, 1.82) is 0 Å². The molecule has 0 bridgehead atoms. The van der Waals surface area contributed by atoms with Gasteiger partial charge in [0.25, 0.3) is 0 Å². The summed E-state index contributed by atoms with van der Waals surface area (Å²) < 4.78 is 5.52. The Morgan fingerprint density at radius 2 is 1.56 bits per heavy atom. The van der Waals surface area contributed by atoms with Crippen LogP contribution in [0.5, 0.6) is 11.5 Å². The monoisotopic (exact) mass is 244 g/mol. The van der Waals surface area contributed by atoms with E-state index in [1.54, 1.807) is 30.3 Å². The predicted molar refractivity (Wildman–Crippen MR) is 68.7 cm³/mol. The van der Waals surface area contributed by atoms with Gasteiger partial charge in [0, 0.05) is 6.07 Å². The number of hydrogen-bond acceptors (Lipinski definition) is 4. The van der Waals surface area contributed by atoms with Crippen LogP contribution in [0.3, 0.4) is 0 Å². The first-order valence-electron chi connectivity index (χ1n) is 5.22. The standard InChI is InChI=1S/C13H12N2O3/c14-11-6-5-10(7-12(11)15)18-9-3-1-8(2-4-9)13(16)17/h1-7H,14-15H2,(H,16,17). The fourth-order valence-electron chi connectivity index (χ4n) is 1.42. The molecular formula is C13H12N2O3. The van der Waals surface area contributed by atoms with Gasteiger partial charge in [-0.3, -0.25) is 0 Å². The molecule has 0 aliphatic carbocycles. The lowest BCUT2D eigenvalue weighted by Crippen LogP contribution is -1.96. The Balaban J connectivity index is 2.18. The number of aromatic carboxylic acids is 1. The zero-order valence-electron chi connectivity index (χ0n) is 9.46.